The molecule has 3 aromatic rings. The van der Waals surface area contributed by atoms with Crippen LogP contribution in [-0.2, 0) is 0 Å². The number of carbonyl (C=O) groups is 1. The van der Waals surface area contributed by atoms with Gasteiger partial charge in [-0.3, -0.25) is 14.8 Å². The number of hydrogen-bond acceptors (Lipinski definition) is 3. The second-order valence-corrected chi connectivity index (χ2v) is 4.49. The molecule has 2 aromatic heterocycles. The summed E-state index contributed by atoms with van der Waals surface area (Å²) in [5, 5.41) is 2.81. The number of rotatable bonds is 3. The molecule has 0 bridgehead atoms. The van der Waals surface area contributed by atoms with E-state index in [0.29, 0.717) is 11.3 Å². The van der Waals surface area contributed by atoms with Gasteiger partial charge in [0.25, 0.3) is 5.91 Å². The van der Waals surface area contributed by atoms with Crippen molar-refractivity contribution >= 4 is 11.6 Å². The minimum Gasteiger partial charge on any atom is -0.321 e. The Morgan fingerprint density at radius 2 is 1.67 bits per heavy atom. The van der Waals surface area contributed by atoms with Crippen molar-refractivity contribution in [2.24, 2.45) is 0 Å². The molecule has 0 saturated carbocycles. The van der Waals surface area contributed by atoms with Gasteiger partial charge in [0, 0.05) is 23.5 Å². The fraction of sp³-hybridized carbons (Fsp3) is 0. The first-order chi connectivity index (χ1) is 10.3. The molecule has 0 radical (unpaired) electrons. The van der Waals surface area contributed by atoms with Gasteiger partial charge in [0.15, 0.2) is 0 Å². The Kier molecular flexibility index (Phi) is 3.69. The van der Waals surface area contributed by atoms with E-state index < -0.39 is 0 Å². The van der Waals surface area contributed by atoms with E-state index in [-0.39, 0.29) is 5.91 Å². The van der Waals surface area contributed by atoms with Crippen molar-refractivity contribution in [1.82, 2.24) is 9.97 Å². The Morgan fingerprint density at radius 1 is 0.905 bits per heavy atom. The summed E-state index contributed by atoms with van der Waals surface area (Å²) in [4.78, 5) is 20.3. The maximum atomic E-state index is 12.0. The van der Waals surface area contributed by atoms with Gasteiger partial charge in [-0.1, -0.05) is 30.3 Å². The first-order valence-corrected chi connectivity index (χ1v) is 6.56. The van der Waals surface area contributed by atoms with Crippen LogP contribution < -0.4 is 5.32 Å². The molecule has 4 nitrogen and oxygen atoms in total. The van der Waals surface area contributed by atoms with Crippen molar-refractivity contribution in [3.05, 3.63) is 78.8 Å². The predicted octanol–water partition coefficient (Wildman–Crippen LogP) is 3.40. The van der Waals surface area contributed by atoms with E-state index in [1.54, 1.807) is 30.7 Å². The van der Waals surface area contributed by atoms with E-state index in [4.69, 9.17) is 0 Å². The quantitative estimate of drug-likeness (QED) is 0.797. The van der Waals surface area contributed by atoms with Crippen LogP contribution in [-0.4, -0.2) is 15.9 Å². The summed E-state index contributed by atoms with van der Waals surface area (Å²) >= 11 is 0. The van der Waals surface area contributed by atoms with Gasteiger partial charge in [-0.15, -0.1) is 0 Å². The Bertz CT molecular complexity index is 725. The average molecular weight is 275 g/mol. The van der Waals surface area contributed by atoms with Crippen LogP contribution in [0.3, 0.4) is 0 Å². The lowest BCUT2D eigenvalue weighted by Gasteiger charge is -2.06. The van der Waals surface area contributed by atoms with Crippen LogP contribution in [0.15, 0.2) is 73.2 Å². The van der Waals surface area contributed by atoms with Crippen molar-refractivity contribution < 1.29 is 4.79 Å². The number of benzene rings is 1. The molecule has 0 aliphatic carbocycles. The van der Waals surface area contributed by atoms with Gasteiger partial charge in [-0.05, 0) is 24.3 Å². The molecule has 1 aromatic carbocycles. The largest absolute Gasteiger partial charge is 0.321 e. The monoisotopic (exact) mass is 275 g/mol. The summed E-state index contributed by atoms with van der Waals surface area (Å²) in [6, 6.07) is 17.0. The molecule has 0 aliphatic rings. The highest BCUT2D eigenvalue weighted by Crippen LogP contribution is 2.18. The van der Waals surface area contributed by atoms with Crippen molar-refractivity contribution in [2.75, 3.05) is 5.32 Å². The average Bonchev–Trinajstić information content (AvgIpc) is 2.57. The van der Waals surface area contributed by atoms with Crippen LogP contribution in [0.25, 0.3) is 11.3 Å². The third-order valence-corrected chi connectivity index (χ3v) is 3.03. The lowest BCUT2D eigenvalue weighted by molar-refractivity contribution is 0.102. The molecule has 21 heavy (non-hydrogen) atoms. The van der Waals surface area contributed by atoms with Crippen LogP contribution >= 0.6 is 0 Å². The number of nitrogens with one attached hydrogen (secondary N) is 1. The Labute approximate surface area is 122 Å². The van der Waals surface area contributed by atoms with Crippen LogP contribution in [0, 0.1) is 0 Å². The van der Waals surface area contributed by atoms with E-state index in [1.165, 1.54) is 0 Å². The lowest BCUT2D eigenvalue weighted by Crippen LogP contribution is -2.11. The SMILES string of the molecule is O=C(Nc1ccc(-c2ccccc2)nc1)c1ccncc1. The molecule has 0 saturated heterocycles. The highest BCUT2D eigenvalue weighted by Gasteiger charge is 2.06. The molecular weight excluding hydrogens is 262 g/mol. The smallest absolute Gasteiger partial charge is 0.255 e. The van der Waals surface area contributed by atoms with Crippen LogP contribution in [0.1, 0.15) is 10.4 Å². The van der Waals surface area contributed by atoms with Gasteiger partial charge in [0.1, 0.15) is 0 Å². The fourth-order valence-corrected chi connectivity index (χ4v) is 1.95. The van der Waals surface area contributed by atoms with Gasteiger partial charge in [0.05, 0.1) is 17.6 Å². The number of amides is 1. The maximum absolute atomic E-state index is 12.0. The standard InChI is InChI=1S/C17H13N3O/c21-17(14-8-10-18-11-9-14)20-15-6-7-16(19-12-15)13-4-2-1-3-5-13/h1-12H,(H,20,21). The molecule has 0 spiro atoms. The molecule has 3 rings (SSSR count). The van der Waals surface area contributed by atoms with Crippen molar-refractivity contribution in [1.29, 1.82) is 0 Å². The Balaban J connectivity index is 1.75. The molecule has 0 fully saturated rings. The maximum Gasteiger partial charge on any atom is 0.255 e. The Hall–Kier alpha value is -3.01. The van der Waals surface area contributed by atoms with Gasteiger partial charge in [0.2, 0.25) is 0 Å². The topological polar surface area (TPSA) is 54.9 Å². The number of aromatic nitrogens is 2. The molecule has 1 amide bonds. The molecule has 0 aliphatic heterocycles. The second-order valence-electron chi connectivity index (χ2n) is 4.49. The summed E-state index contributed by atoms with van der Waals surface area (Å²) in [5.41, 5.74) is 3.15. The summed E-state index contributed by atoms with van der Waals surface area (Å²) < 4.78 is 0. The van der Waals surface area contributed by atoms with Crippen molar-refractivity contribution in [3.8, 4) is 11.3 Å². The molecule has 1 N–H and O–H groups in total. The summed E-state index contributed by atoms with van der Waals surface area (Å²) in [6.07, 6.45) is 4.83. The van der Waals surface area contributed by atoms with Crippen LogP contribution in [0.5, 0.6) is 0 Å². The van der Waals surface area contributed by atoms with Crippen molar-refractivity contribution in [2.45, 2.75) is 0 Å². The zero-order valence-electron chi connectivity index (χ0n) is 11.2. The fourth-order valence-electron chi connectivity index (χ4n) is 1.95. The zero-order valence-corrected chi connectivity index (χ0v) is 11.2. The highest BCUT2D eigenvalue weighted by molar-refractivity contribution is 6.04. The first kappa shape index (κ1) is 13.0. The van der Waals surface area contributed by atoms with E-state index >= 15 is 0 Å². The number of carbonyl (C=O) groups excluding carboxylic acids is 1. The number of nitrogens with zero attached hydrogens (tertiary/aromatic N) is 2. The summed E-state index contributed by atoms with van der Waals surface area (Å²) in [5.74, 6) is -0.174. The van der Waals surface area contributed by atoms with E-state index in [0.717, 1.165) is 11.3 Å². The summed E-state index contributed by atoms with van der Waals surface area (Å²) in [6.45, 7) is 0. The zero-order chi connectivity index (χ0) is 14.5. The lowest BCUT2D eigenvalue weighted by atomic mass is 10.1. The third kappa shape index (κ3) is 3.12. The van der Waals surface area contributed by atoms with Gasteiger partial charge in [-0.2, -0.15) is 0 Å². The highest BCUT2D eigenvalue weighted by atomic mass is 16.1. The van der Waals surface area contributed by atoms with E-state index in [2.05, 4.69) is 15.3 Å². The molecule has 0 unspecified atom stereocenters. The van der Waals surface area contributed by atoms with E-state index in [1.807, 2.05) is 42.5 Å². The minimum absolute atomic E-state index is 0.174. The van der Waals surface area contributed by atoms with Gasteiger partial charge in [-0.25, -0.2) is 0 Å². The number of hydrogen-bond donors (Lipinski definition) is 1. The van der Waals surface area contributed by atoms with Crippen LogP contribution in [0.2, 0.25) is 0 Å². The molecular formula is C17H13N3O. The molecule has 2 heterocycles. The number of anilines is 1. The Morgan fingerprint density at radius 3 is 2.33 bits per heavy atom. The summed E-state index contributed by atoms with van der Waals surface area (Å²) in [7, 11) is 0. The number of pyridine rings is 2. The first-order valence-electron chi connectivity index (χ1n) is 6.56. The van der Waals surface area contributed by atoms with Crippen LogP contribution in [0.4, 0.5) is 5.69 Å². The minimum atomic E-state index is -0.174. The van der Waals surface area contributed by atoms with Gasteiger partial charge >= 0.3 is 0 Å². The second kappa shape index (κ2) is 5.96. The predicted molar refractivity (Wildman–Crippen MR) is 81.9 cm³/mol. The van der Waals surface area contributed by atoms with Gasteiger partial charge < -0.3 is 5.32 Å². The molecule has 102 valence electrons. The third-order valence-electron chi connectivity index (χ3n) is 3.03. The molecule has 0 atom stereocenters. The normalized spacial score (nSPS) is 10.1. The van der Waals surface area contributed by atoms with E-state index in [9.17, 15) is 4.79 Å². The molecule has 4 heteroatoms. The van der Waals surface area contributed by atoms with Crippen molar-refractivity contribution in [3.63, 3.8) is 0 Å².